The van der Waals surface area contributed by atoms with Gasteiger partial charge in [-0.15, -0.1) is 0 Å². The molecule has 0 bridgehead atoms. The Kier molecular flexibility index (Phi) is 8.87. The van der Waals surface area contributed by atoms with E-state index in [2.05, 4.69) is 16.2 Å². The molecule has 0 unspecified atom stereocenters. The molecule has 2 aromatic carbocycles. The van der Waals surface area contributed by atoms with Crippen molar-refractivity contribution in [3.63, 3.8) is 0 Å². The first-order valence-electron chi connectivity index (χ1n) is 9.60. The van der Waals surface area contributed by atoms with Crippen molar-refractivity contribution >= 4 is 29.1 Å². The molecule has 0 aliphatic heterocycles. The van der Waals surface area contributed by atoms with Gasteiger partial charge in [-0.05, 0) is 31.2 Å². The molecule has 0 aliphatic rings. The maximum Gasteiger partial charge on any atom is 0.257 e. The van der Waals surface area contributed by atoms with Crippen LogP contribution in [0.1, 0.15) is 24.8 Å². The highest BCUT2D eigenvalue weighted by Crippen LogP contribution is 2.15. The van der Waals surface area contributed by atoms with Crippen LogP contribution in [-0.2, 0) is 14.4 Å². The van der Waals surface area contributed by atoms with Crippen LogP contribution in [0.5, 0.6) is 0 Å². The topological polar surface area (TPSA) is 114 Å². The lowest BCUT2D eigenvalue weighted by Gasteiger charge is -2.21. The monoisotopic (exact) mass is 407 g/mol. The minimum atomic E-state index is -0.472. The van der Waals surface area contributed by atoms with Crippen LogP contribution in [-0.4, -0.2) is 30.8 Å². The molecule has 156 valence electrons. The first-order chi connectivity index (χ1) is 14.5. The molecule has 3 N–H and O–H groups in total. The van der Waals surface area contributed by atoms with Gasteiger partial charge in [0, 0.05) is 30.8 Å². The highest BCUT2D eigenvalue weighted by Gasteiger charge is 2.16. The number of carbonyl (C=O) groups excluding carboxylic acids is 3. The van der Waals surface area contributed by atoms with Crippen LogP contribution in [0.25, 0.3) is 0 Å². The summed E-state index contributed by atoms with van der Waals surface area (Å²) < 4.78 is 0. The fraction of sp³-hybridized carbons (Fsp3) is 0.273. The third kappa shape index (κ3) is 7.64. The first-order valence-corrected chi connectivity index (χ1v) is 9.60. The van der Waals surface area contributed by atoms with Gasteiger partial charge < -0.3 is 10.2 Å². The summed E-state index contributed by atoms with van der Waals surface area (Å²) in [5.74, 6) is -1.14. The van der Waals surface area contributed by atoms with Crippen molar-refractivity contribution in [2.45, 2.75) is 26.2 Å². The minimum absolute atomic E-state index is 0.00177. The summed E-state index contributed by atoms with van der Waals surface area (Å²) in [6.07, 6.45) is 0.0703. The highest BCUT2D eigenvalue weighted by atomic mass is 16.2. The van der Waals surface area contributed by atoms with E-state index in [4.69, 9.17) is 5.26 Å². The molecule has 2 rings (SSSR count). The fourth-order valence-electron chi connectivity index (χ4n) is 2.62. The normalized spacial score (nSPS) is 9.87. The Morgan fingerprint density at radius 2 is 1.60 bits per heavy atom. The number of hydrazine groups is 1. The van der Waals surface area contributed by atoms with Gasteiger partial charge in [-0.3, -0.25) is 25.2 Å². The van der Waals surface area contributed by atoms with E-state index in [0.29, 0.717) is 5.69 Å². The number of rotatable bonds is 9. The summed E-state index contributed by atoms with van der Waals surface area (Å²) in [5.41, 5.74) is 7.21. The van der Waals surface area contributed by atoms with E-state index in [1.807, 2.05) is 43.3 Å². The van der Waals surface area contributed by atoms with Crippen LogP contribution in [0, 0.1) is 18.3 Å². The second-order valence-electron chi connectivity index (χ2n) is 6.60. The number of amides is 3. The molecule has 0 aliphatic carbocycles. The molecule has 3 amide bonds. The van der Waals surface area contributed by atoms with Crippen molar-refractivity contribution in [3.8, 4) is 6.07 Å². The third-order valence-electron chi connectivity index (χ3n) is 4.23. The number of nitrogens with one attached hydrogen (secondary N) is 3. The summed E-state index contributed by atoms with van der Waals surface area (Å²) in [4.78, 5) is 37.8. The van der Waals surface area contributed by atoms with Gasteiger partial charge in [0.05, 0.1) is 19.0 Å². The zero-order chi connectivity index (χ0) is 21.8. The van der Waals surface area contributed by atoms with E-state index in [0.717, 1.165) is 11.3 Å². The Labute approximate surface area is 175 Å². The number of nitriles is 1. The molecule has 0 spiro atoms. The van der Waals surface area contributed by atoms with Gasteiger partial charge in [-0.25, -0.2) is 0 Å². The van der Waals surface area contributed by atoms with Crippen LogP contribution < -0.4 is 21.1 Å². The highest BCUT2D eigenvalue weighted by molar-refractivity contribution is 5.95. The summed E-state index contributed by atoms with van der Waals surface area (Å²) in [5, 5.41) is 11.8. The van der Waals surface area contributed by atoms with Gasteiger partial charge in [-0.1, -0.05) is 35.9 Å². The SMILES string of the molecule is Cc1ccc(NCC(=O)NNC(=O)CCC(=O)N(CCC#N)c2ccccc2)cc1. The molecule has 0 aromatic heterocycles. The fourth-order valence-corrected chi connectivity index (χ4v) is 2.62. The molecule has 0 saturated heterocycles. The van der Waals surface area contributed by atoms with Crippen molar-refractivity contribution < 1.29 is 14.4 Å². The summed E-state index contributed by atoms with van der Waals surface area (Å²) in [7, 11) is 0. The van der Waals surface area contributed by atoms with Gasteiger partial charge in [0.2, 0.25) is 11.8 Å². The van der Waals surface area contributed by atoms with E-state index in [-0.39, 0.29) is 38.3 Å². The van der Waals surface area contributed by atoms with Gasteiger partial charge >= 0.3 is 0 Å². The van der Waals surface area contributed by atoms with E-state index >= 15 is 0 Å². The Balaban J connectivity index is 1.74. The van der Waals surface area contributed by atoms with Gasteiger partial charge in [0.25, 0.3) is 5.91 Å². The summed E-state index contributed by atoms with van der Waals surface area (Å²) in [6, 6.07) is 18.6. The molecular formula is C22H25N5O3. The second kappa shape index (κ2) is 11.9. The van der Waals surface area contributed by atoms with E-state index < -0.39 is 11.8 Å². The average Bonchev–Trinajstić information content (AvgIpc) is 2.76. The van der Waals surface area contributed by atoms with Crippen molar-refractivity contribution in [1.29, 1.82) is 5.26 Å². The molecule has 0 radical (unpaired) electrons. The number of aryl methyl sites for hydroxylation is 1. The number of hydrogen-bond acceptors (Lipinski definition) is 5. The van der Waals surface area contributed by atoms with E-state index in [1.54, 1.807) is 24.3 Å². The summed E-state index contributed by atoms with van der Waals surface area (Å²) >= 11 is 0. The maximum absolute atomic E-state index is 12.5. The molecular weight excluding hydrogens is 382 g/mol. The zero-order valence-corrected chi connectivity index (χ0v) is 16.9. The van der Waals surface area contributed by atoms with Crippen LogP contribution in [0.4, 0.5) is 11.4 Å². The molecule has 2 aromatic rings. The van der Waals surface area contributed by atoms with E-state index in [9.17, 15) is 14.4 Å². The van der Waals surface area contributed by atoms with Crippen molar-refractivity contribution in [2.75, 3.05) is 23.3 Å². The first kappa shape index (κ1) is 22.4. The van der Waals surface area contributed by atoms with Crippen LogP contribution in [0.3, 0.4) is 0 Å². The quantitative estimate of drug-likeness (QED) is 0.552. The third-order valence-corrected chi connectivity index (χ3v) is 4.23. The number of hydrogen-bond donors (Lipinski definition) is 3. The number of benzene rings is 2. The predicted molar refractivity (Wildman–Crippen MR) is 114 cm³/mol. The van der Waals surface area contributed by atoms with Crippen LogP contribution >= 0.6 is 0 Å². The standard InChI is InChI=1S/C22H25N5O3/c1-17-8-10-18(11-9-17)24-16-21(29)26-25-20(28)12-13-22(30)27(15-5-14-23)19-6-3-2-4-7-19/h2-4,6-11,24H,5,12-13,15-16H2,1H3,(H,25,28)(H,26,29). The molecule has 8 nitrogen and oxygen atoms in total. The maximum atomic E-state index is 12.5. The van der Waals surface area contributed by atoms with Crippen LogP contribution in [0.15, 0.2) is 54.6 Å². The number of para-hydroxylation sites is 1. The Hall–Kier alpha value is -3.86. The Bertz CT molecular complexity index is 891. The van der Waals surface area contributed by atoms with Crippen molar-refractivity contribution in [2.24, 2.45) is 0 Å². The largest absolute Gasteiger partial charge is 0.376 e. The number of nitrogens with zero attached hydrogens (tertiary/aromatic N) is 2. The van der Waals surface area contributed by atoms with Gasteiger partial charge in [-0.2, -0.15) is 5.26 Å². The zero-order valence-electron chi connectivity index (χ0n) is 16.9. The second-order valence-corrected chi connectivity index (χ2v) is 6.60. The summed E-state index contributed by atoms with van der Waals surface area (Å²) in [6.45, 7) is 2.22. The lowest BCUT2D eigenvalue weighted by molar-refractivity contribution is -0.129. The van der Waals surface area contributed by atoms with E-state index in [1.165, 1.54) is 4.90 Å². The van der Waals surface area contributed by atoms with Crippen molar-refractivity contribution in [3.05, 3.63) is 60.2 Å². The molecule has 8 heteroatoms. The average molecular weight is 407 g/mol. The Morgan fingerprint density at radius 1 is 0.933 bits per heavy atom. The Morgan fingerprint density at radius 3 is 2.27 bits per heavy atom. The molecule has 0 fully saturated rings. The predicted octanol–water partition coefficient (Wildman–Crippen LogP) is 2.28. The van der Waals surface area contributed by atoms with Gasteiger partial charge in [0.1, 0.15) is 0 Å². The lowest BCUT2D eigenvalue weighted by Crippen LogP contribution is -2.44. The number of carbonyl (C=O) groups is 3. The molecule has 0 heterocycles. The van der Waals surface area contributed by atoms with Crippen molar-refractivity contribution in [1.82, 2.24) is 10.9 Å². The minimum Gasteiger partial charge on any atom is -0.376 e. The van der Waals surface area contributed by atoms with Gasteiger partial charge in [0.15, 0.2) is 0 Å². The molecule has 0 saturated carbocycles. The number of anilines is 2. The molecule has 0 atom stereocenters. The smallest absolute Gasteiger partial charge is 0.257 e. The lowest BCUT2D eigenvalue weighted by atomic mass is 10.2. The molecule has 30 heavy (non-hydrogen) atoms. The van der Waals surface area contributed by atoms with Crippen LogP contribution in [0.2, 0.25) is 0 Å².